The van der Waals surface area contributed by atoms with Crippen LogP contribution in [0.3, 0.4) is 0 Å². The van der Waals surface area contributed by atoms with Gasteiger partial charge in [-0.1, -0.05) is 30.3 Å². The fourth-order valence-electron chi connectivity index (χ4n) is 2.27. The molecule has 0 aliphatic heterocycles. The molecular weight excluding hydrogens is 336 g/mol. The summed E-state index contributed by atoms with van der Waals surface area (Å²) in [6.07, 6.45) is 0. The van der Waals surface area contributed by atoms with E-state index in [2.05, 4.69) is 15.5 Å². The SMILES string of the molecule is O=C(COc1ccccc1)Nc1cccc(-c2cc(C(=O)NO)n[nH]2)c1. The lowest BCUT2D eigenvalue weighted by Gasteiger charge is -2.08. The van der Waals surface area contributed by atoms with Crippen molar-refractivity contribution >= 4 is 17.5 Å². The molecule has 8 heteroatoms. The number of anilines is 1. The molecule has 0 spiro atoms. The molecule has 8 nitrogen and oxygen atoms in total. The zero-order valence-corrected chi connectivity index (χ0v) is 13.6. The smallest absolute Gasteiger partial charge is 0.295 e. The predicted molar refractivity (Wildman–Crippen MR) is 93.8 cm³/mol. The van der Waals surface area contributed by atoms with E-state index < -0.39 is 5.91 Å². The molecule has 26 heavy (non-hydrogen) atoms. The molecule has 0 saturated heterocycles. The van der Waals surface area contributed by atoms with E-state index in [1.54, 1.807) is 36.4 Å². The van der Waals surface area contributed by atoms with Gasteiger partial charge in [0.2, 0.25) is 0 Å². The van der Waals surface area contributed by atoms with E-state index in [0.29, 0.717) is 17.1 Å². The van der Waals surface area contributed by atoms with E-state index in [9.17, 15) is 9.59 Å². The van der Waals surface area contributed by atoms with Gasteiger partial charge < -0.3 is 10.1 Å². The Hall–Kier alpha value is -3.65. The van der Waals surface area contributed by atoms with Gasteiger partial charge in [-0.3, -0.25) is 19.9 Å². The largest absolute Gasteiger partial charge is 0.484 e. The summed E-state index contributed by atoms with van der Waals surface area (Å²) < 4.78 is 5.40. The molecule has 0 aliphatic rings. The first-order chi connectivity index (χ1) is 12.7. The summed E-state index contributed by atoms with van der Waals surface area (Å²) in [4.78, 5) is 23.4. The highest BCUT2D eigenvalue weighted by molar-refractivity contribution is 5.93. The number of nitrogens with zero attached hydrogens (tertiary/aromatic N) is 1. The molecule has 132 valence electrons. The Morgan fingerprint density at radius 3 is 2.65 bits per heavy atom. The first-order valence-electron chi connectivity index (χ1n) is 7.73. The van der Waals surface area contributed by atoms with Gasteiger partial charge >= 0.3 is 0 Å². The Labute approximate surface area is 148 Å². The molecule has 0 bridgehead atoms. The number of aromatic nitrogens is 2. The molecule has 3 aromatic rings. The second-order valence-electron chi connectivity index (χ2n) is 5.34. The molecule has 0 radical (unpaired) electrons. The van der Waals surface area contributed by atoms with Crippen molar-refractivity contribution in [3.8, 4) is 17.0 Å². The Kier molecular flexibility index (Phi) is 5.25. The van der Waals surface area contributed by atoms with Crippen LogP contribution >= 0.6 is 0 Å². The molecule has 2 amide bonds. The second-order valence-corrected chi connectivity index (χ2v) is 5.34. The summed E-state index contributed by atoms with van der Waals surface area (Å²) in [5.74, 6) is -0.394. The van der Waals surface area contributed by atoms with Gasteiger partial charge in [0.15, 0.2) is 12.3 Å². The maximum absolute atomic E-state index is 12.0. The third-order valence-corrected chi connectivity index (χ3v) is 3.48. The quantitative estimate of drug-likeness (QED) is 0.401. The zero-order chi connectivity index (χ0) is 18.4. The number of nitrogens with one attached hydrogen (secondary N) is 3. The minimum Gasteiger partial charge on any atom is -0.484 e. The topological polar surface area (TPSA) is 116 Å². The van der Waals surface area contributed by atoms with Crippen LogP contribution in [0.25, 0.3) is 11.3 Å². The van der Waals surface area contributed by atoms with E-state index >= 15 is 0 Å². The van der Waals surface area contributed by atoms with Crippen LogP contribution in [0.15, 0.2) is 60.7 Å². The van der Waals surface area contributed by atoms with Gasteiger partial charge in [-0.05, 0) is 30.3 Å². The van der Waals surface area contributed by atoms with E-state index in [0.717, 1.165) is 5.56 Å². The van der Waals surface area contributed by atoms with Crippen molar-refractivity contribution in [2.75, 3.05) is 11.9 Å². The van der Waals surface area contributed by atoms with Crippen molar-refractivity contribution in [3.05, 3.63) is 66.4 Å². The minimum absolute atomic E-state index is 0.0493. The van der Waals surface area contributed by atoms with Crippen molar-refractivity contribution in [1.29, 1.82) is 0 Å². The Bertz CT molecular complexity index is 908. The van der Waals surface area contributed by atoms with Crippen LogP contribution < -0.4 is 15.5 Å². The summed E-state index contributed by atoms with van der Waals surface area (Å²) in [6.45, 7) is -0.112. The number of hydrogen-bond acceptors (Lipinski definition) is 5. The van der Waals surface area contributed by atoms with Gasteiger partial charge in [-0.25, -0.2) is 5.48 Å². The monoisotopic (exact) mass is 352 g/mol. The molecule has 4 N–H and O–H groups in total. The van der Waals surface area contributed by atoms with Crippen LogP contribution in [-0.4, -0.2) is 33.8 Å². The number of H-pyrrole nitrogens is 1. The summed E-state index contributed by atoms with van der Waals surface area (Å²) in [6, 6.07) is 17.6. The lowest BCUT2D eigenvalue weighted by atomic mass is 10.1. The summed E-state index contributed by atoms with van der Waals surface area (Å²) in [7, 11) is 0. The molecule has 1 heterocycles. The first kappa shape index (κ1) is 17.2. The molecule has 0 atom stereocenters. The highest BCUT2D eigenvalue weighted by Gasteiger charge is 2.11. The van der Waals surface area contributed by atoms with Crippen LogP contribution in [0, 0.1) is 0 Å². The maximum atomic E-state index is 12.0. The lowest BCUT2D eigenvalue weighted by molar-refractivity contribution is -0.118. The Morgan fingerprint density at radius 1 is 1.08 bits per heavy atom. The molecule has 0 fully saturated rings. The second kappa shape index (κ2) is 7.95. The number of para-hydroxylation sites is 1. The van der Waals surface area contributed by atoms with Gasteiger partial charge in [0.05, 0.1) is 5.69 Å². The van der Waals surface area contributed by atoms with Gasteiger partial charge in [0, 0.05) is 11.3 Å². The molecule has 2 aromatic carbocycles. The molecule has 0 aliphatic carbocycles. The first-order valence-corrected chi connectivity index (χ1v) is 7.73. The summed E-state index contributed by atoms with van der Waals surface area (Å²) >= 11 is 0. The van der Waals surface area contributed by atoms with Gasteiger partial charge in [0.1, 0.15) is 5.75 Å². The lowest BCUT2D eigenvalue weighted by Crippen LogP contribution is -2.20. The number of hydroxylamine groups is 1. The number of benzene rings is 2. The van der Waals surface area contributed by atoms with Crippen molar-refractivity contribution in [1.82, 2.24) is 15.7 Å². The number of rotatable bonds is 6. The highest BCUT2D eigenvalue weighted by Crippen LogP contribution is 2.21. The summed E-state index contributed by atoms with van der Waals surface area (Å²) in [5.41, 5.74) is 3.43. The van der Waals surface area contributed by atoms with Crippen molar-refractivity contribution < 1.29 is 19.5 Å². The van der Waals surface area contributed by atoms with Gasteiger partial charge in [-0.15, -0.1) is 0 Å². The number of carbonyl (C=O) groups excluding carboxylic acids is 2. The van der Waals surface area contributed by atoms with Crippen LogP contribution in [0.1, 0.15) is 10.5 Å². The third kappa shape index (κ3) is 4.25. The zero-order valence-electron chi connectivity index (χ0n) is 13.6. The fourth-order valence-corrected chi connectivity index (χ4v) is 2.27. The molecule has 3 rings (SSSR count). The number of aromatic amines is 1. The van der Waals surface area contributed by atoms with Gasteiger partial charge in [0.25, 0.3) is 11.8 Å². The van der Waals surface area contributed by atoms with Crippen LogP contribution in [-0.2, 0) is 4.79 Å². The number of ether oxygens (including phenoxy) is 1. The maximum Gasteiger partial charge on any atom is 0.295 e. The Balaban J connectivity index is 1.64. The van der Waals surface area contributed by atoms with E-state index in [-0.39, 0.29) is 18.2 Å². The third-order valence-electron chi connectivity index (χ3n) is 3.48. The normalized spacial score (nSPS) is 10.2. The van der Waals surface area contributed by atoms with E-state index in [1.807, 2.05) is 18.2 Å². The van der Waals surface area contributed by atoms with Crippen molar-refractivity contribution in [2.24, 2.45) is 0 Å². The van der Waals surface area contributed by atoms with E-state index in [4.69, 9.17) is 9.94 Å². The molecule has 1 aromatic heterocycles. The standard InChI is InChI=1S/C18H16N4O4/c23-17(11-26-14-7-2-1-3-8-14)19-13-6-4-5-12(9-13)15-10-16(21-20-15)18(24)22-25/h1-10,25H,11H2,(H,19,23)(H,20,21)(H,22,24). The number of hydrogen-bond donors (Lipinski definition) is 4. The highest BCUT2D eigenvalue weighted by atomic mass is 16.5. The molecular formula is C18H16N4O4. The number of carbonyl (C=O) groups is 2. The van der Waals surface area contributed by atoms with Crippen LogP contribution in [0.5, 0.6) is 5.75 Å². The van der Waals surface area contributed by atoms with E-state index in [1.165, 1.54) is 11.5 Å². The number of amides is 2. The van der Waals surface area contributed by atoms with Crippen LogP contribution in [0.4, 0.5) is 5.69 Å². The minimum atomic E-state index is -0.713. The molecule has 0 saturated carbocycles. The average Bonchev–Trinajstić information content (AvgIpc) is 3.17. The fraction of sp³-hybridized carbons (Fsp3) is 0.0556. The Morgan fingerprint density at radius 2 is 1.88 bits per heavy atom. The average molecular weight is 352 g/mol. The molecule has 0 unspecified atom stereocenters. The predicted octanol–water partition coefficient (Wildman–Crippen LogP) is 2.21. The van der Waals surface area contributed by atoms with Crippen LogP contribution in [0.2, 0.25) is 0 Å². The van der Waals surface area contributed by atoms with Crippen molar-refractivity contribution in [2.45, 2.75) is 0 Å². The van der Waals surface area contributed by atoms with Gasteiger partial charge in [-0.2, -0.15) is 5.10 Å². The van der Waals surface area contributed by atoms with Crippen molar-refractivity contribution in [3.63, 3.8) is 0 Å². The summed E-state index contributed by atoms with van der Waals surface area (Å²) in [5, 5.41) is 17.9.